The van der Waals surface area contributed by atoms with E-state index in [4.69, 9.17) is 9.72 Å². The molecule has 1 amide bonds. The number of aromatic nitrogens is 1. The second kappa shape index (κ2) is 9.70. The molecular formula is C23H25N3O4S2. The Balaban J connectivity index is 1.37. The van der Waals surface area contributed by atoms with Crippen molar-refractivity contribution in [2.75, 3.05) is 24.1 Å². The number of thiazole rings is 1. The lowest BCUT2D eigenvalue weighted by Crippen LogP contribution is -2.39. The van der Waals surface area contributed by atoms with Gasteiger partial charge in [-0.15, -0.1) is 11.3 Å². The van der Waals surface area contributed by atoms with Gasteiger partial charge in [0.15, 0.2) is 0 Å². The number of nitrogens with zero attached hydrogens (tertiary/aromatic N) is 2. The van der Waals surface area contributed by atoms with Crippen LogP contribution in [0.1, 0.15) is 29.3 Å². The van der Waals surface area contributed by atoms with Crippen LogP contribution in [0.25, 0.3) is 11.3 Å². The highest BCUT2D eigenvalue weighted by molar-refractivity contribution is 7.92. The number of piperidine rings is 1. The number of hydrogen-bond acceptors (Lipinski definition) is 6. The van der Waals surface area contributed by atoms with Crippen molar-refractivity contribution in [3.8, 4) is 11.3 Å². The van der Waals surface area contributed by atoms with Crippen LogP contribution in [0.5, 0.6) is 0 Å². The first-order chi connectivity index (χ1) is 15.4. The zero-order valence-corrected chi connectivity index (χ0v) is 19.4. The number of ether oxygens (including phenoxy) is 1. The highest BCUT2D eigenvalue weighted by Crippen LogP contribution is 2.32. The molecule has 1 aliphatic heterocycles. The maximum Gasteiger partial charge on any atom is 0.410 e. The van der Waals surface area contributed by atoms with Gasteiger partial charge < -0.3 is 9.64 Å². The lowest BCUT2D eigenvalue weighted by atomic mass is 9.99. The van der Waals surface area contributed by atoms with Gasteiger partial charge in [-0.3, -0.25) is 4.72 Å². The van der Waals surface area contributed by atoms with Gasteiger partial charge in [-0.2, -0.15) is 0 Å². The largest absolute Gasteiger partial charge is 0.445 e. The van der Waals surface area contributed by atoms with Crippen LogP contribution in [0.2, 0.25) is 0 Å². The van der Waals surface area contributed by atoms with E-state index in [1.54, 1.807) is 28.4 Å². The van der Waals surface area contributed by atoms with Gasteiger partial charge in [0.2, 0.25) is 10.0 Å². The summed E-state index contributed by atoms with van der Waals surface area (Å²) in [6, 6.07) is 16.8. The lowest BCUT2D eigenvalue weighted by Gasteiger charge is -2.31. The summed E-state index contributed by atoms with van der Waals surface area (Å²) >= 11 is 1.59. The van der Waals surface area contributed by atoms with Crippen molar-refractivity contribution in [3.05, 3.63) is 70.5 Å². The van der Waals surface area contributed by atoms with Crippen molar-refractivity contribution in [1.29, 1.82) is 0 Å². The van der Waals surface area contributed by atoms with Crippen LogP contribution < -0.4 is 4.72 Å². The number of anilines is 1. The summed E-state index contributed by atoms with van der Waals surface area (Å²) in [5.74, 6) is 0.179. The van der Waals surface area contributed by atoms with Gasteiger partial charge in [0.1, 0.15) is 6.61 Å². The van der Waals surface area contributed by atoms with Crippen LogP contribution in [0.15, 0.2) is 60.0 Å². The van der Waals surface area contributed by atoms with E-state index < -0.39 is 10.0 Å². The molecule has 0 saturated carbocycles. The third kappa shape index (κ3) is 5.86. The first-order valence-corrected chi connectivity index (χ1v) is 13.1. The molecule has 7 nitrogen and oxygen atoms in total. The SMILES string of the molecule is CS(=O)(=O)Nc1ccc(-c2csc(C3CCCN(C(=O)OCc4ccccc4)C3)n2)cc1. The third-order valence-electron chi connectivity index (χ3n) is 5.24. The fourth-order valence-electron chi connectivity index (χ4n) is 3.69. The van der Waals surface area contributed by atoms with Crippen LogP contribution in [-0.4, -0.2) is 43.7 Å². The Labute approximate surface area is 192 Å². The quantitative estimate of drug-likeness (QED) is 0.563. The van der Waals surface area contributed by atoms with E-state index in [-0.39, 0.29) is 18.6 Å². The molecule has 1 unspecified atom stereocenters. The van der Waals surface area contributed by atoms with Crippen LogP contribution in [0.4, 0.5) is 10.5 Å². The molecular weight excluding hydrogens is 446 g/mol. The molecule has 9 heteroatoms. The Morgan fingerprint density at radius 2 is 1.94 bits per heavy atom. The van der Waals surface area contributed by atoms with Crippen molar-refractivity contribution in [2.45, 2.75) is 25.4 Å². The Kier molecular flexibility index (Phi) is 6.76. The highest BCUT2D eigenvalue weighted by atomic mass is 32.2. The number of nitrogens with one attached hydrogen (secondary N) is 1. The molecule has 1 atom stereocenters. The maximum atomic E-state index is 12.5. The topological polar surface area (TPSA) is 88.6 Å². The number of amides is 1. The van der Waals surface area contributed by atoms with Crippen molar-refractivity contribution in [2.24, 2.45) is 0 Å². The molecule has 1 aromatic heterocycles. The molecule has 1 fully saturated rings. The predicted molar refractivity (Wildman–Crippen MR) is 126 cm³/mol. The average molecular weight is 472 g/mol. The van der Waals surface area contributed by atoms with Crippen LogP contribution >= 0.6 is 11.3 Å². The number of benzene rings is 2. The summed E-state index contributed by atoms with van der Waals surface area (Å²) in [4.78, 5) is 19.1. The van der Waals surface area contributed by atoms with E-state index in [9.17, 15) is 13.2 Å². The van der Waals surface area contributed by atoms with Crippen LogP contribution in [0.3, 0.4) is 0 Å². The number of carbonyl (C=O) groups is 1. The van der Waals surface area contributed by atoms with Gasteiger partial charge in [0, 0.05) is 35.6 Å². The molecule has 2 aromatic carbocycles. The number of sulfonamides is 1. The summed E-state index contributed by atoms with van der Waals surface area (Å²) in [5.41, 5.74) is 3.25. The summed E-state index contributed by atoms with van der Waals surface area (Å²) in [5, 5.41) is 3.00. The Morgan fingerprint density at radius 1 is 1.19 bits per heavy atom. The molecule has 32 heavy (non-hydrogen) atoms. The molecule has 2 heterocycles. The normalized spacial score (nSPS) is 16.5. The number of hydrogen-bond donors (Lipinski definition) is 1. The van der Waals surface area contributed by atoms with Crippen molar-refractivity contribution in [1.82, 2.24) is 9.88 Å². The first kappa shape index (κ1) is 22.3. The monoisotopic (exact) mass is 471 g/mol. The molecule has 0 radical (unpaired) electrons. The smallest absolute Gasteiger partial charge is 0.410 e. The minimum atomic E-state index is -3.30. The van der Waals surface area contributed by atoms with Crippen molar-refractivity contribution in [3.63, 3.8) is 0 Å². The van der Waals surface area contributed by atoms with Gasteiger partial charge >= 0.3 is 6.09 Å². The van der Waals surface area contributed by atoms with E-state index in [0.717, 1.165) is 40.9 Å². The predicted octanol–water partition coefficient (Wildman–Crippen LogP) is 4.70. The van der Waals surface area contributed by atoms with Crippen molar-refractivity contribution >= 4 is 33.1 Å². The molecule has 1 saturated heterocycles. The molecule has 0 aliphatic carbocycles. The summed E-state index contributed by atoms with van der Waals surface area (Å²) in [7, 11) is -3.30. The van der Waals surface area contributed by atoms with Gasteiger partial charge in [-0.05, 0) is 30.5 Å². The Hall–Kier alpha value is -2.91. The number of rotatable bonds is 6. The zero-order chi connectivity index (χ0) is 22.6. The van der Waals surface area contributed by atoms with E-state index >= 15 is 0 Å². The molecule has 0 spiro atoms. The minimum absolute atomic E-state index is 0.179. The minimum Gasteiger partial charge on any atom is -0.445 e. The second-order valence-corrected chi connectivity index (χ2v) is 10.5. The van der Waals surface area contributed by atoms with Gasteiger partial charge in [-0.25, -0.2) is 18.2 Å². The fourth-order valence-corrected chi connectivity index (χ4v) is 5.21. The first-order valence-electron chi connectivity index (χ1n) is 10.4. The van der Waals surface area contributed by atoms with E-state index in [1.807, 2.05) is 47.8 Å². The number of carbonyl (C=O) groups excluding carboxylic acids is 1. The summed E-state index contributed by atoms with van der Waals surface area (Å²) < 4.78 is 30.7. The van der Waals surface area contributed by atoms with E-state index in [2.05, 4.69) is 4.72 Å². The summed E-state index contributed by atoms with van der Waals surface area (Å²) in [6.07, 6.45) is 2.72. The molecule has 0 bridgehead atoms. The third-order valence-corrected chi connectivity index (χ3v) is 6.85. The van der Waals surface area contributed by atoms with Crippen LogP contribution in [0, 0.1) is 0 Å². The Bertz CT molecular complexity index is 1160. The van der Waals surface area contributed by atoms with Crippen LogP contribution in [-0.2, 0) is 21.4 Å². The molecule has 168 valence electrons. The maximum absolute atomic E-state index is 12.5. The lowest BCUT2D eigenvalue weighted by molar-refractivity contribution is 0.0858. The van der Waals surface area contributed by atoms with Gasteiger partial charge in [0.05, 0.1) is 17.0 Å². The van der Waals surface area contributed by atoms with Gasteiger partial charge in [-0.1, -0.05) is 42.5 Å². The Morgan fingerprint density at radius 3 is 2.66 bits per heavy atom. The van der Waals surface area contributed by atoms with Gasteiger partial charge in [0.25, 0.3) is 0 Å². The number of likely N-dealkylation sites (tertiary alicyclic amines) is 1. The molecule has 1 N–H and O–H groups in total. The fraction of sp³-hybridized carbons (Fsp3) is 0.304. The van der Waals surface area contributed by atoms with E-state index in [1.165, 1.54) is 0 Å². The zero-order valence-electron chi connectivity index (χ0n) is 17.7. The average Bonchev–Trinajstić information content (AvgIpc) is 3.28. The standard InChI is InChI=1S/C23H25N3O4S2/c1-32(28,29)25-20-11-9-18(10-12-20)21-16-31-22(24-21)19-8-5-13-26(14-19)23(27)30-15-17-6-3-2-4-7-17/h2-4,6-7,9-12,16,19,25H,5,8,13-15H2,1H3. The molecule has 1 aliphatic rings. The molecule has 4 rings (SSSR count). The van der Waals surface area contributed by atoms with E-state index in [0.29, 0.717) is 18.8 Å². The highest BCUT2D eigenvalue weighted by Gasteiger charge is 2.27. The second-order valence-electron chi connectivity index (χ2n) is 7.85. The molecule has 3 aromatic rings. The van der Waals surface area contributed by atoms with Crippen molar-refractivity contribution < 1.29 is 17.9 Å². The summed E-state index contributed by atoms with van der Waals surface area (Å²) in [6.45, 7) is 1.56.